The van der Waals surface area contributed by atoms with Gasteiger partial charge in [0.25, 0.3) is 0 Å². The summed E-state index contributed by atoms with van der Waals surface area (Å²) in [6.45, 7) is 8.33. The first-order valence-corrected chi connectivity index (χ1v) is 6.88. The van der Waals surface area contributed by atoms with Crippen LogP contribution in [-0.4, -0.2) is 45.7 Å². The van der Waals surface area contributed by atoms with E-state index in [9.17, 15) is 0 Å². The summed E-state index contributed by atoms with van der Waals surface area (Å²) in [6.07, 6.45) is 1.17. The van der Waals surface area contributed by atoms with Crippen molar-refractivity contribution < 1.29 is 0 Å². The van der Waals surface area contributed by atoms with Crippen molar-refractivity contribution in [3.63, 3.8) is 0 Å². The van der Waals surface area contributed by atoms with Gasteiger partial charge in [-0.1, -0.05) is 13.0 Å². The van der Waals surface area contributed by atoms with Crippen LogP contribution in [0.2, 0.25) is 0 Å². The molecule has 0 spiro atoms. The molecule has 0 radical (unpaired) electrons. The van der Waals surface area contributed by atoms with Crippen LogP contribution < -0.4 is 5.32 Å². The fraction of sp³-hybridized carbons (Fsp3) is 0.571. The average Bonchev–Trinajstić information content (AvgIpc) is 2.82. The summed E-state index contributed by atoms with van der Waals surface area (Å²) in [5.74, 6) is 0.701. The number of nitrogens with one attached hydrogen (secondary N) is 1. The minimum Gasteiger partial charge on any atom is -0.352 e. The molecule has 0 fully saturated rings. The first-order valence-electron chi connectivity index (χ1n) is 6.88. The fourth-order valence-corrected chi connectivity index (χ4v) is 1.99. The molecule has 1 unspecified atom stereocenters. The predicted molar refractivity (Wildman–Crippen MR) is 78.6 cm³/mol. The molecule has 0 aliphatic rings. The standard InChI is InChI=1S/C14H23N5/c1-5-11(2)18(4)10-9-15-14-16-13-8-6-7-12(3)19(13)17-14/h6-8,11H,5,9-10H2,1-4H3,(H,15,17). The quantitative estimate of drug-likeness (QED) is 0.865. The van der Waals surface area contributed by atoms with Crippen LogP contribution in [0.15, 0.2) is 18.2 Å². The summed E-state index contributed by atoms with van der Waals surface area (Å²) in [4.78, 5) is 6.80. The smallest absolute Gasteiger partial charge is 0.243 e. The van der Waals surface area contributed by atoms with E-state index >= 15 is 0 Å². The van der Waals surface area contributed by atoms with Crippen LogP contribution in [0.1, 0.15) is 26.0 Å². The van der Waals surface area contributed by atoms with Crippen molar-refractivity contribution in [1.82, 2.24) is 19.5 Å². The van der Waals surface area contributed by atoms with Gasteiger partial charge in [0.1, 0.15) is 0 Å². The molecule has 5 heteroatoms. The number of pyridine rings is 1. The number of likely N-dealkylation sites (N-methyl/N-ethyl adjacent to an activating group) is 1. The van der Waals surface area contributed by atoms with E-state index < -0.39 is 0 Å². The van der Waals surface area contributed by atoms with E-state index in [4.69, 9.17) is 0 Å². The lowest BCUT2D eigenvalue weighted by molar-refractivity contribution is 0.261. The highest BCUT2D eigenvalue weighted by atomic mass is 15.4. The number of rotatable bonds is 6. The van der Waals surface area contributed by atoms with Gasteiger partial charge in [-0.15, -0.1) is 5.10 Å². The maximum Gasteiger partial charge on any atom is 0.243 e. The molecule has 0 bridgehead atoms. The van der Waals surface area contributed by atoms with Gasteiger partial charge in [0, 0.05) is 24.8 Å². The monoisotopic (exact) mass is 261 g/mol. The van der Waals surface area contributed by atoms with Gasteiger partial charge in [0.2, 0.25) is 5.95 Å². The van der Waals surface area contributed by atoms with Crippen molar-refractivity contribution in [3.8, 4) is 0 Å². The Labute approximate surface area is 114 Å². The number of nitrogens with zero attached hydrogens (tertiary/aromatic N) is 4. The van der Waals surface area contributed by atoms with E-state index in [-0.39, 0.29) is 0 Å². The van der Waals surface area contributed by atoms with Crippen LogP contribution in [0.5, 0.6) is 0 Å². The van der Waals surface area contributed by atoms with Crippen molar-refractivity contribution >= 4 is 11.6 Å². The van der Waals surface area contributed by atoms with Crippen LogP contribution >= 0.6 is 0 Å². The van der Waals surface area contributed by atoms with Gasteiger partial charge in [-0.05, 0) is 39.4 Å². The summed E-state index contributed by atoms with van der Waals surface area (Å²) in [5.41, 5.74) is 1.98. The van der Waals surface area contributed by atoms with Crippen molar-refractivity contribution in [2.24, 2.45) is 0 Å². The Balaban J connectivity index is 1.93. The van der Waals surface area contributed by atoms with Gasteiger partial charge < -0.3 is 10.2 Å². The molecule has 104 valence electrons. The summed E-state index contributed by atoms with van der Waals surface area (Å²) >= 11 is 0. The lowest BCUT2D eigenvalue weighted by Gasteiger charge is -2.23. The van der Waals surface area contributed by atoms with Crippen LogP contribution in [0, 0.1) is 6.92 Å². The predicted octanol–water partition coefficient (Wildman–Crippen LogP) is 2.18. The first-order chi connectivity index (χ1) is 9.11. The molecule has 0 amide bonds. The molecular formula is C14H23N5. The fourth-order valence-electron chi connectivity index (χ4n) is 1.99. The van der Waals surface area contributed by atoms with Crippen LogP contribution in [0.4, 0.5) is 5.95 Å². The number of aryl methyl sites for hydroxylation is 1. The molecule has 0 aromatic carbocycles. The summed E-state index contributed by atoms with van der Waals surface area (Å²) in [6, 6.07) is 6.61. The highest BCUT2D eigenvalue weighted by Crippen LogP contribution is 2.07. The molecule has 0 saturated heterocycles. The molecule has 0 saturated carbocycles. The molecule has 0 aliphatic carbocycles. The number of hydrogen-bond donors (Lipinski definition) is 1. The lowest BCUT2D eigenvalue weighted by Crippen LogP contribution is -2.32. The molecular weight excluding hydrogens is 238 g/mol. The zero-order chi connectivity index (χ0) is 13.8. The van der Waals surface area contributed by atoms with E-state index in [2.05, 4.69) is 41.2 Å². The van der Waals surface area contributed by atoms with Gasteiger partial charge in [-0.3, -0.25) is 0 Å². The van der Waals surface area contributed by atoms with Crippen LogP contribution in [0.25, 0.3) is 5.65 Å². The summed E-state index contributed by atoms with van der Waals surface area (Å²) in [5, 5.41) is 7.74. The minimum absolute atomic E-state index is 0.609. The molecule has 1 N–H and O–H groups in total. The second-order valence-corrected chi connectivity index (χ2v) is 5.04. The Morgan fingerprint density at radius 1 is 1.42 bits per heavy atom. The maximum absolute atomic E-state index is 4.46. The van der Waals surface area contributed by atoms with Crippen LogP contribution in [-0.2, 0) is 0 Å². The maximum atomic E-state index is 4.46. The van der Waals surface area contributed by atoms with Gasteiger partial charge in [0.15, 0.2) is 5.65 Å². The van der Waals surface area contributed by atoms with E-state index in [1.807, 2.05) is 29.6 Å². The number of hydrogen-bond acceptors (Lipinski definition) is 4. The molecule has 2 rings (SSSR count). The third kappa shape index (κ3) is 3.23. The Kier molecular flexibility index (Phi) is 4.37. The minimum atomic E-state index is 0.609. The molecule has 2 aromatic rings. The molecule has 2 aromatic heterocycles. The van der Waals surface area contributed by atoms with Gasteiger partial charge >= 0.3 is 0 Å². The average molecular weight is 261 g/mol. The second-order valence-electron chi connectivity index (χ2n) is 5.04. The van der Waals surface area contributed by atoms with Gasteiger partial charge in [-0.2, -0.15) is 4.98 Å². The zero-order valence-corrected chi connectivity index (χ0v) is 12.2. The number of fused-ring (bicyclic) bond motifs is 1. The highest BCUT2D eigenvalue weighted by molar-refractivity contribution is 5.44. The van der Waals surface area contributed by atoms with Crippen molar-refractivity contribution in [2.45, 2.75) is 33.2 Å². The van der Waals surface area contributed by atoms with Crippen molar-refractivity contribution in [2.75, 3.05) is 25.5 Å². The van der Waals surface area contributed by atoms with Crippen molar-refractivity contribution in [1.29, 1.82) is 0 Å². The Hall–Kier alpha value is -1.62. The molecule has 5 nitrogen and oxygen atoms in total. The molecule has 19 heavy (non-hydrogen) atoms. The Morgan fingerprint density at radius 3 is 2.89 bits per heavy atom. The number of aromatic nitrogens is 3. The Morgan fingerprint density at radius 2 is 2.21 bits per heavy atom. The summed E-state index contributed by atoms with van der Waals surface area (Å²) in [7, 11) is 2.15. The largest absolute Gasteiger partial charge is 0.352 e. The molecule has 0 aliphatic heterocycles. The topological polar surface area (TPSA) is 45.5 Å². The van der Waals surface area contributed by atoms with E-state index in [1.165, 1.54) is 6.42 Å². The van der Waals surface area contributed by atoms with Crippen molar-refractivity contribution in [3.05, 3.63) is 23.9 Å². The molecule has 1 atom stereocenters. The zero-order valence-electron chi connectivity index (χ0n) is 12.2. The normalized spacial score (nSPS) is 13.1. The highest BCUT2D eigenvalue weighted by Gasteiger charge is 2.07. The van der Waals surface area contributed by atoms with E-state index in [0.717, 1.165) is 24.4 Å². The SMILES string of the molecule is CCC(C)N(C)CCNc1nc2cccc(C)n2n1. The molecule has 2 heterocycles. The third-order valence-corrected chi connectivity index (χ3v) is 3.64. The summed E-state index contributed by atoms with van der Waals surface area (Å²) < 4.78 is 1.86. The second kappa shape index (κ2) is 6.02. The van der Waals surface area contributed by atoms with Gasteiger partial charge in [-0.25, -0.2) is 4.52 Å². The number of anilines is 1. The third-order valence-electron chi connectivity index (χ3n) is 3.64. The lowest BCUT2D eigenvalue weighted by atomic mass is 10.2. The van der Waals surface area contributed by atoms with Gasteiger partial charge in [0.05, 0.1) is 0 Å². The first kappa shape index (κ1) is 13.8. The van der Waals surface area contributed by atoms with E-state index in [0.29, 0.717) is 12.0 Å². The van der Waals surface area contributed by atoms with E-state index in [1.54, 1.807) is 0 Å². The van der Waals surface area contributed by atoms with Crippen LogP contribution in [0.3, 0.4) is 0 Å². The Bertz CT molecular complexity index is 534.